The number of nitrogens with zero attached hydrogens (tertiary/aromatic N) is 1. The van der Waals surface area contributed by atoms with E-state index in [1.807, 2.05) is 13.8 Å². The lowest BCUT2D eigenvalue weighted by molar-refractivity contribution is -0.0946. The van der Waals surface area contributed by atoms with Crippen LogP contribution in [0.25, 0.3) is 0 Å². The summed E-state index contributed by atoms with van der Waals surface area (Å²) >= 11 is 0. The van der Waals surface area contributed by atoms with Crippen molar-refractivity contribution in [3.8, 4) is 0 Å². The molecule has 1 aliphatic heterocycles. The minimum absolute atomic E-state index is 0.0121. The molecule has 0 aliphatic carbocycles. The Morgan fingerprint density at radius 1 is 1.31 bits per heavy atom. The fourth-order valence-corrected chi connectivity index (χ4v) is 1.85. The molecule has 2 unspecified atom stereocenters. The molecule has 1 aliphatic rings. The van der Waals surface area contributed by atoms with E-state index in [1.165, 1.54) is 0 Å². The zero-order valence-corrected chi connectivity index (χ0v) is 10.1. The van der Waals surface area contributed by atoms with E-state index in [-0.39, 0.29) is 32.0 Å². The Hall–Kier alpha value is -0.200. The highest BCUT2D eigenvalue weighted by molar-refractivity contribution is 4.84. The van der Waals surface area contributed by atoms with Crippen molar-refractivity contribution in [3.63, 3.8) is 0 Å². The van der Waals surface area contributed by atoms with Gasteiger partial charge in [-0.15, -0.1) is 0 Å². The van der Waals surface area contributed by atoms with Crippen molar-refractivity contribution in [1.29, 1.82) is 0 Å². The lowest BCUT2D eigenvalue weighted by Crippen LogP contribution is -2.53. The highest BCUT2D eigenvalue weighted by Crippen LogP contribution is 2.21. The van der Waals surface area contributed by atoms with Gasteiger partial charge >= 0.3 is 0 Å². The van der Waals surface area contributed by atoms with E-state index < -0.39 is 5.41 Å². The third-order valence-electron chi connectivity index (χ3n) is 3.19. The van der Waals surface area contributed by atoms with Gasteiger partial charge in [-0.1, -0.05) is 6.92 Å². The van der Waals surface area contributed by atoms with Crippen molar-refractivity contribution in [2.75, 3.05) is 39.5 Å². The SMILES string of the molecule is CC1COC(CO)CN1CC(C)(CO)CO. The summed E-state index contributed by atoms with van der Waals surface area (Å²) in [4.78, 5) is 2.15. The lowest BCUT2D eigenvalue weighted by atomic mass is 9.91. The number of aliphatic hydroxyl groups excluding tert-OH is 3. The van der Waals surface area contributed by atoms with Gasteiger partial charge in [0, 0.05) is 24.5 Å². The molecule has 0 aromatic rings. The third kappa shape index (κ3) is 3.40. The third-order valence-corrected chi connectivity index (χ3v) is 3.19. The quantitative estimate of drug-likeness (QED) is 0.571. The predicted molar refractivity (Wildman–Crippen MR) is 60.1 cm³/mol. The number of ether oxygens (including phenoxy) is 1. The molecule has 5 nitrogen and oxygen atoms in total. The highest BCUT2D eigenvalue weighted by Gasteiger charge is 2.32. The second-order valence-electron chi connectivity index (χ2n) is 5.04. The van der Waals surface area contributed by atoms with Crippen LogP contribution < -0.4 is 0 Å². The summed E-state index contributed by atoms with van der Waals surface area (Å²) < 4.78 is 5.43. The van der Waals surface area contributed by atoms with Crippen molar-refractivity contribution in [1.82, 2.24) is 4.90 Å². The fourth-order valence-electron chi connectivity index (χ4n) is 1.85. The number of rotatable bonds is 5. The number of hydrogen-bond acceptors (Lipinski definition) is 5. The van der Waals surface area contributed by atoms with Crippen molar-refractivity contribution in [2.45, 2.75) is 26.0 Å². The van der Waals surface area contributed by atoms with Gasteiger partial charge in [-0.2, -0.15) is 0 Å². The van der Waals surface area contributed by atoms with Crippen molar-refractivity contribution in [2.24, 2.45) is 5.41 Å². The topological polar surface area (TPSA) is 73.2 Å². The van der Waals surface area contributed by atoms with Crippen molar-refractivity contribution < 1.29 is 20.1 Å². The number of hydrogen-bond donors (Lipinski definition) is 3. The van der Waals surface area contributed by atoms with Crippen LogP contribution in [0.3, 0.4) is 0 Å². The maximum absolute atomic E-state index is 9.26. The van der Waals surface area contributed by atoms with Crippen molar-refractivity contribution >= 4 is 0 Å². The Kier molecular flexibility index (Phi) is 5.14. The molecule has 0 bridgehead atoms. The van der Waals surface area contributed by atoms with Gasteiger partial charge in [-0.05, 0) is 6.92 Å². The highest BCUT2D eigenvalue weighted by atomic mass is 16.5. The molecule has 3 N–H and O–H groups in total. The molecule has 1 fully saturated rings. The first-order valence-corrected chi connectivity index (χ1v) is 5.73. The summed E-state index contributed by atoms with van der Waals surface area (Å²) in [5.41, 5.74) is -0.494. The first kappa shape index (κ1) is 13.9. The summed E-state index contributed by atoms with van der Waals surface area (Å²) in [6, 6.07) is 0.250. The molecule has 1 rings (SSSR count). The first-order valence-electron chi connectivity index (χ1n) is 5.73. The minimum Gasteiger partial charge on any atom is -0.396 e. The molecule has 0 spiro atoms. The van der Waals surface area contributed by atoms with Crippen LogP contribution in [0.1, 0.15) is 13.8 Å². The molecule has 1 saturated heterocycles. The molecule has 0 saturated carbocycles. The Balaban J connectivity index is 2.56. The zero-order valence-electron chi connectivity index (χ0n) is 10.1. The lowest BCUT2D eigenvalue weighted by Gasteiger charge is -2.41. The number of aliphatic hydroxyl groups is 3. The van der Waals surface area contributed by atoms with Crippen LogP contribution in [0.4, 0.5) is 0 Å². The molecule has 0 aromatic carbocycles. The van der Waals surface area contributed by atoms with Gasteiger partial charge in [-0.3, -0.25) is 4.90 Å². The summed E-state index contributed by atoms with van der Waals surface area (Å²) in [6.07, 6.45) is -0.155. The van der Waals surface area contributed by atoms with Crippen LogP contribution >= 0.6 is 0 Å². The second kappa shape index (κ2) is 5.93. The van der Waals surface area contributed by atoms with Gasteiger partial charge in [-0.25, -0.2) is 0 Å². The molecular weight excluding hydrogens is 210 g/mol. The van der Waals surface area contributed by atoms with Crippen LogP contribution in [-0.4, -0.2) is 71.9 Å². The summed E-state index contributed by atoms with van der Waals surface area (Å²) in [7, 11) is 0. The Labute approximate surface area is 96.6 Å². The van der Waals surface area contributed by atoms with Crippen LogP contribution in [0.5, 0.6) is 0 Å². The van der Waals surface area contributed by atoms with Crippen LogP contribution in [0.2, 0.25) is 0 Å². The Morgan fingerprint density at radius 2 is 1.94 bits per heavy atom. The monoisotopic (exact) mass is 233 g/mol. The van der Waals surface area contributed by atoms with E-state index in [2.05, 4.69) is 4.90 Å². The molecule has 0 aromatic heterocycles. The zero-order chi connectivity index (χ0) is 12.2. The largest absolute Gasteiger partial charge is 0.396 e. The standard InChI is InChI=1S/C11H23NO4/c1-9-5-16-10(4-13)3-12(9)6-11(2,7-14)8-15/h9-10,13-15H,3-8H2,1-2H3. The molecule has 96 valence electrons. The minimum atomic E-state index is -0.494. The van der Waals surface area contributed by atoms with E-state index in [1.54, 1.807) is 0 Å². The van der Waals surface area contributed by atoms with E-state index in [0.717, 1.165) is 0 Å². The van der Waals surface area contributed by atoms with Gasteiger partial charge in [0.15, 0.2) is 0 Å². The van der Waals surface area contributed by atoms with Gasteiger partial charge < -0.3 is 20.1 Å². The summed E-state index contributed by atoms with van der Waals surface area (Å²) in [6.45, 7) is 5.66. The fraction of sp³-hybridized carbons (Fsp3) is 1.00. The summed E-state index contributed by atoms with van der Waals surface area (Å²) in [5, 5.41) is 27.6. The average molecular weight is 233 g/mol. The van der Waals surface area contributed by atoms with Crippen LogP contribution in [0, 0.1) is 5.41 Å². The predicted octanol–water partition coefficient (Wildman–Crippen LogP) is -0.941. The first-order chi connectivity index (χ1) is 7.54. The van der Waals surface area contributed by atoms with Crippen LogP contribution in [0.15, 0.2) is 0 Å². The maximum Gasteiger partial charge on any atom is 0.0933 e. The molecule has 5 heteroatoms. The van der Waals surface area contributed by atoms with Crippen molar-refractivity contribution in [3.05, 3.63) is 0 Å². The normalized spacial score (nSPS) is 28.3. The van der Waals surface area contributed by atoms with E-state index in [0.29, 0.717) is 19.7 Å². The Bertz CT molecular complexity index is 208. The van der Waals surface area contributed by atoms with Gasteiger partial charge in [0.1, 0.15) is 0 Å². The van der Waals surface area contributed by atoms with Gasteiger partial charge in [0.05, 0.1) is 32.5 Å². The van der Waals surface area contributed by atoms with E-state index in [4.69, 9.17) is 9.84 Å². The summed E-state index contributed by atoms with van der Waals surface area (Å²) in [5.74, 6) is 0. The van der Waals surface area contributed by atoms with Crippen LogP contribution in [-0.2, 0) is 4.74 Å². The second-order valence-corrected chi connectivity index (χ2v) is 5.04. The molecular formula is C11H23NO4. The smallest absolute Gasteiger partial charge is 0.0933 e. The van der Waals surface area contributed by atoms with E-state index in [9.17, 15) is 10.2 Å². The van der Waals surface area contributed by atoms with Gasteiger partial charge in [0.2, 0.25) is 0 Å². The number of morpholine rings is 1. The maximum atomic E-state index is 9.26. The molecule has 1 heterocycles. The molecule has 2 atom stereocenters. The Morgan fingerprint density at radius 3 is 2.44 bits per heavy atom. The molecule has 0 amide bonds. The van der Waals surface area contributed by atoms with E-state index >= 15 is 0 Å². The molecule has 16 heavy (non-hydrogen) atoms. The average Bonchev–Trinajstić information content (AvgIpc) is 2.32. The molecule has 0 radical (unpaired) electrons. The van der Waals surface area contributed by atoms with Gasteiger partial charge in [0.25, 0.3) is 0 Å².